The predicted octanol–water partition coefficient (Wildman–Crippen LogP) is 4.65. The predicted molar refractivity (Wildman–Crippen MR) is 126 cm³/mol. The first-order chi connectivity index (χ1) is 16.1. The van der Waals surface area contributed by atoms with Crippen LogP contribution in [-0.4, -0.2) is 17.7 Å². The Morgan fingerprint density at radius 2 is 1.48 bits per heavy atom. The van der Waals surface area contributed by atoms with Gasteiger partial charge in [-0.1, -0.05) is 54.6 Å². The summed E-state index contributed by atoms with van der Waals surface area (Å²) in [4.78, 5) is 41.2. The molecule has 33 heavy (non-hydrogen) atoms. The lowest BCUT2D eigenvalue weighted by Crippen LogP contribution is -2.40. The summed E-state index contributed by atoms with van der Waals surface area (Å²) < 4.78 is 0. The van der Waals surface area contributed by atoms with Crippen molar-refractivity contribution in [1.29, 1.82) is 0 Å². The Labute approximate surface area is 191 Å². The van der Waals surface area contributed by atoms with Crippen molar-refractivity contribution >= 4 is 39.9 Å². The Morgan fingerprint density at radius 3 is 2.24 bits per heavy atom. The van der Waals surface area contributed by atoms with Gasteiger partial charge < -0.3 is 5.32 Å². The SMILES string of the molecule is O=C(Nc1cccc2ccccc12)c1cccc(N2C(=O)[C@H]3[C@@H]4C=C[C@H]([C@H]5C[C@H]45)[C@@H]3C2=O)c1. The molecule has 1 heterocycles. The number of nitrogens with one attached hydrogen (secondary N) is 1. The van der Waals surface area contributed by atoms with Crippen LogP contribution in [0.25, 0.3) is 10.8 Å². The molecule has 5 nitrogen and oxygen atoms in total. The molecule has 0 unspecified atom stereocenters. The maximum atomic E-state index is 13.4. The second kappa shape index (κ2) is 6.64. The zero-order valence-electron chi connectivity index (χ0n) is 17.8. The van der Waals surface area contributed by atoms with Gasteiger partial charge in [0.1, 0.15) is 0 Å². The molecule has 2 bridgehead atoms. The Kier molecular flexibility index (Phi) is 3.78. The molecule has 6 atom stereocenters. The molecule has 3 aromatic carbocycles. The van der Waals surface area contributed by atoms with Crippen molar-refractivity contribution < 1.29 is 14.4 Å². The first-order valence-corrected chi connectivity index (χ1v) is 11.6. The fourth-order valence-corrected chi connectivity index (χ4v) is 6.53. The van der Waals surface area contributed by atoms with Crippen LogP contribution in [0.3, 0.4) is 0 Å². The highest BCUT2D eigenvalue weighted by atomic mass is 16.2. The number of carbonyl (C=O) groups excluding carboxylic acids is 3. The van der Waals surface area contributed by atoms with Crippen molar-refractivity contribution in [1.82, 2.24) is 0 Å². The van der Waals surface area contributed by atoms with Gasteiger partial charge in [0.25, 0.3) is 5.91 Å². The zero-order chi connectivity index (χ0) is 22.3. The summed E-state index contributed by atoms with van der Waals surface area (Å²) in [6.07, 6.45) is 5.48. The number of allylic oxidation sites excluding steroid dienone is 2. The van der Waals surface area contributed by atoms with Gasteiger partial charge in [-0.15, -0.1) is 0 Å². The van der Waals surface area contributed by atoms with E-state index >= 15 is 0 Å². The fourth-order valence-electron chi connectivity index (χ4n) is 6.53. The van der Waals surface area contributed by atoms with Gasteiger partial charge in [0, 0.05) is 16.6 Å². The minimum absolute atomic E-state index is 0.110. The number of fused-ring (bicyclic) bond motifs is 1. The quantitative estimate of drug-likeness (QED) is 0.482. The Morgan fingerprint density at radius 1 is 0.818 bits per heavy atom. The van der Waals surface area contributed by atoms with E-state index in [1.807, 2.05) is 42.5 Å². The maximum absolute atomic E-state index is 13.4. The molecular weight excluding hydrogens is 412 g/mol. The second-order valence-electron chi connectivity index (χ2n) is 9.70. The number of anilines is 2. The molecule has 0 spiro atoms. The van der Waals surface area contributed by atoms with Crippen molar-refractivity contribution in [2.24, 2.45) is 35.5 Å². The molecule has 4 aliphatic carbocycles. The van der Waals surface area contributed by atoms with Gasteiger partial charge in [-0.3, -0.25) is 14.4 Å². The van der Waals surface area contributed by atoms with Gasteiger partial charge in [0.05, 0.1) is 17.5 Å². The molecule has 3 amide bonds. The largest absolute Gasteiger partial charge is 0.321 e. The molecule has 162 valence electrons. The average Bonchev–Trinajstić information content (AvgIpc) is 3.62. The Bertz CT molecular complexity index is 1350. The van der Waals surface area contributed by atoms with Crippen LogP contribution >= 0.6 is 0 Å². The minimum Gasteiger partial charge on any atom is -0.321 e. The van der Waals surface area contributed by atoms with Crippen LogP contribution in [0.5, 0.6) is 0 Å². The van der Waals surface area contributed by atoms with E-state index in [-0.39, 0.29) is 41.4 Å². The number of carbonyl (C=O) groups is 3. The van der Waals surface area contributed by atoms with Crippen LogP contribution in [0.15, 0.2) is 78.9 Å². The number of hydrogen-bond acceptors (Lipinski definition) is 3. The van der Waals surface area contributed by atoms with E-state index in [9.17, 15) is 14.4 Å². The normalized spacial score (nSPS) is 31.0. The highest BCUT2D eigenvalue weighted by Gasteiger charge is 2.67. The van der Waals surface area contributed by atoms with E-state index in [1.165, 1.54) is 4.90 Å². The standard InChI is InChI=1S/C28H22N2O3/c31-26(29-23-10-4-6-15-5-1-2-9-18(15)23)16-7-3-8-17(13-16)30-27(32)24-19-11-12-20(22-14-21(19)22)25(24)28(30)33/h1-13,19-22,24-25H,14H2,(H,29,31)/t19-,20-,21-,22-,24+,25+/m1/s1. The fraction of sp³-hybridized carbons (Fsp3) is 0.250. The van der Waals surface area contributed by atoms with Gasteiger partial charge in [0.15, 0.2) is 0 Å². The zero-order valence-corrected chi connectivity index (χ0v) is 17.8. The van der Waals surface area contributed by atoms with Gasteiger partial charge in [-0.2, -0.15) is 0 Å². The van der Waals surface area contributed by atoms with Crippen molar-refractivity contribution in [3.05, 3.63) is 84.4 Å². The molecule has 0 radical (unpaired) electrons. The molecule has 1 N–H and O–H groups in total. The molecule has 3 aromatic rings. The third-order valence-corrected chi connectivity index (χ3v) is 8.07. The first-order valence-electron chi connectivity index (χ1n) is 11.6. The van der Waals surface area contributed by atoms with Crippen molar-refractivity contribution in [2.45, 2.75) is 6.42 Å². The summed E-state index contributed by atoms with van der Waals surface area (Å²) in [6, 6.07) is 20.5. The number of benzene rings is 3. The van der Waals surface area contributed by atoms with Crippen LogP contribution in [0.4, 0.5) is 11.4 Å². The average molecular weight is 434 g/mol. The van der Waals surface area contributed by atoms with E-state index in [4.69, 9.17) is 0 Å². The van der Waals surface area contributed by atoms with Gasteiger partial charge in [-0.25, -0.2) is 4.90 Å². The monoisotopic (exact) mass is 434 g/mol. The molecule has 5 aliphatic rings. The highest BCUT2D eigenvalue weighted by molar-refractivity contribution is 6.23. The molecule has 2 saturated carbocycles. The van der Waals surface area contributed by atoms with E-state index < -0.39 is 0 Å². The number of imide groups is 1. The van der Waals surface area contributed by atoms with Gasteiger partial charge >= 0.3 is 0 Å². The number of nitrogens with zero attached hydrogens (tertiary/aromatic N) is 1. The summed E-state index contributed by atoms with van der Waals surface area (Å²) in [6.45, 7) is 0. The third-order valence-electron chi connectivity index (χ3n) is 8.07. The molecule has 8 rings (SSSR count). The number of amides is 3. The van der Waals surface area contributed by atoms with Crippen LogP contribution in [0, 0.1) is 35.5 Å². The summed E-state index contributed by atoms with van der Waals surface area (Å²) in [7, 11) is 0. The van der Waals surface area contributed by atoms with Crippen LogP contribution in [0.2, 0.25) is 0 Å². The molecular formula is C28H22N2O3. The smallest absolute Gasteiger partial charge is 0.255 e. The lowest BCUT2D eigenvalue weighted by molar-refractivity contribution is -0.124. The third kappa shape index (κ3) is 2.62. The number of rotatable bonds is 3. The van der Waals surface area contributed by atoms with Crippen LogP contribution in [-0.2, 0) is 9.59 Å². The molecule has 1 aliphatic heterocycles. The highest BCUT2D eigenvalue weighted by Crippen LogP contribution is 2.65. The van der Waals surface area contributed by atoms with Gasteiger partial charge in [0.2, 0.25) is 11.8 Å². The summed E-state index contributed by atoms with van der Waals surface area (Å²) >= 11 is 0. The van der Waals surface area contributed by atoms with Crippen molar-refractivity contribution in [3.63, 3.8) is 0 Å². The van der Waals surface area contributed by atoms with Crippen molar-refractivity contribution in [3.8, 4) is 0 Å². The summed E-state index contributed by atoms with van der Waals surface area (Å²) in [5, 5.41) is 4.99. The molecule has 1 saturated heterocycles. The van der Waals surface area contributed by atoms with E-state index in [2.05, 4.69) is 17.5 Å². The lowest BCUT2D eigenvalue weighted by atomic mass is 9.63. The first kappa shape index (κ1) is 18.8. The molecule has 5 heteroatoms. The van der Waals surface area contributed by atoms with E-state index in [0.717, 1.165) is 22.9 Å². The molecule has 3 fully saturated rings. The Balaban J connectivity index is 1.19. The Hall–Kier alpha value is -3.73. The number of hydrogen-bond donors (Lipinski definition) is 1. The van der Waals surface area contributed by atoms with Crippen LogP contribution in [0.1, 0.15) is 16.8 Å². The maximum Gasteiger partial charge on any atom is 0.255 e. The van der Waals surface area contributed by atoms with Gasteiger partial charge in [-0.05, 0) is 59.7 Å². The molecule has 0 aromatic heterocycles. The van der Waals surface area contributed by atoms with E-state index in [0.29, 0.717) is 23.1 Å². The van der Waals surface area contributed by atoms with Crippen LogP contribution < -0.4 is 10.2 Å². The summed E-state index contributed by atoms with van der Waals surface area (Å²) in [5.41, 5.74) is 1.63. The lowest BCUT2D eigenvalue weighted by Gasteiger charge is -2.37. The minimum atomic E-state index is -0.271. The topological polar surface area (TPSA) is 66.5 Å². The van der Waals surface area contributed by atoms with Crippen molar-refractivity contribution in [2.75, 3.05) is 10.2 Å². The van der Waals surface area contributed by atoms with E-state index in [1.54, 1.807) is 24.3 Å². The summed E-state index contributed by atoms with van der Waals surface area (Å²) in [5.74, 6) is 0.518. The second-order valence-corrected chi connectivity index (χ2v) is 9.70.